The van der Waals surface area contributed by atoms with Gasteiger partial charge < -0.3 is 10.5 Å². The Morgan fingerprint density at radius 3 is 2.65 bits per heavy atom. The maximum absolute atomic E-state index is 11.8. The number of nitrogens with two attached hydrogens (primary N) is 1. The number of aryl methyl sites for hydroxylation is 1. The Morgan fingerprint density at radius 1 is 1.35 bits per heavy atom. The van der Waals surface area contributed by atoms with E-state index in [4.69, 9.17) is 10.5 Å². The van der Waals surface area contributed by atoms with Gasteiger partial charge in [-0.3, -0.25) is 4.72 Å². The Labute approximate surface area is 121 Å². The molecule has 1 aromatic carbocycles. The molecular formula is C12H15N3O3S2. The van der Waals surface area contributed by atoms with E-state index in [-0.39, 0.29) is 12.4 Å². The Morgan fingerprint density at radius 2 is 2.05 bits per heavy atom. The van der Waals surface area contributed by atoms with E-state index >= 15 is 0 Å². The number of rotatable bonds is 6. The van der Waals surface area contributed by atoms with Gasteiger partial charge in [-0.2, -0.15) is 0 Å². The maximum atomic E-state index is 11.8. The third kappa shape index (κ3) is 4.39. The van der Waals surface area contributed by atoms with Crippen LogP contribution in [0.4, 0.5) is 10.8 Å². The number of thiazole rings is 1. The van der Waals surface area contributed by atoms with Gasteiger partial charge in [0.25, 0.3) is 0 Å². The Hall–Kier alpha value is -1.80. The van der Waals surface area contributed by atoms with E-state index in [1.165, 1.54) is 11.3 Å². The minimum atomic E-state index is -3.45. The molecule has 0 bridgehead atoms. The van der Waals surface area contributed by atoms with E-state index in [2.05, 4.69) is 9.71 Å². The summed E-state index contributed by atoms with van der Waals surface area (Å²) in [5.74, 6) is 0.440. The van der Waals surface area contributed by atoms with Gasteiger partial charge in [-0.15, -0.1) is 11.3 Å². The number of hydrogen-bond acceptors (Lipinski definition) is 6. The summed E-state index contributed by atoms with van der Waals surface area (Å²) in [4.78, 5) is 4.90. The van der Waals surface area contributed by atoms with Crippen LogP contribution >= 0.6 is 11.3 Å². The van der Waals surface area contributed by atoms with Crippen molar-refractivity contribution in [2.24, 2.45) is 0 Å². The topological polar surface area (TPSA) is 94.3 Å². The lowest BCUT2D eigenvalue weighted by Gasteiger charge is -2.07. The fraction of sp³-hybridized carbons (Fsp3) is 0.250. The van der Waals surface area contributed by atoms with Gasteiger partial charge in [0.2, 0.25) is 10.0 Å². The third-order valence-corrected chi connectivity index (χ3v) is 4.53. The highest BCUT2D eigenvalue weighted by molar-refractivity contribution is 7.92. The smallest absolute Gasteiger partial charge is 0.237 e. The van der Waals surface area contributed by atoms with Gasteiger partial charge in [-0.25, -0.2) is 13.4 Å². The molecular weight excluding hydrogens is 298 g/mol. The number of anilines is 2. The van der Waals surface area contributed by atoms with E-state index in [9.17, 15) is 8.42 Å². The van der Waals surface area contributed by atoms with Gasteiger partial charge in [0.1, 0.15) is 18.1 Å². The average Bonchev–Trinajstić information content (AvgIpc) is 2.76. The van der Waals surface area contributed by atoms with E-state index in [1.54, 1.807) is 30.5 Å². The van der Waals surface area contributed by atoms with Crippen LogP contribution in [0.25, 0.3) is 0 Å². The number of hydrogen-bond donors (Lipinski definition) is 2. The monoisotopic (exact) mass is 313 g/mol. The molecule has 0 radical (unpaired) electrons. The second-order valence-corrected chi connectivity index (χ2v) is 7.19. The number of ether oxygens (including phenoxy) is 1. The zero-order valence-corrected chi connectivity index (χ0v) is 12.5. The lowest BCUT2D eigenvalue weighted by Crippen LogP contribution is -2.21. The molecule has 1 heterocycles. The molecule has 20 heavy (non-hydrogen) atoms. The van der Waals surface area contributed by atoms with E-state index in [0.29, 0.717) is 16.6 Å². The van der Waals surface area contributed by atoms with Crippen molar-refractivity contribution in [1.29, 1.82) is 0 Å². The zero-order chi connectivity index (χ0) is 14.6. The quantitative estimate of drug-likeness (QED) is 0.794. The van der Waals surface area contributed by atoms with Crippen LogP contribution in [0, 0.1) is 6.92 Å². The Balaban J connectivity index is 1.84. The van der Waals surface area contributed by atoms with Gasteiger partial charge in [0, 0.05) is 16.8 Å². The molecule has 0 spiro atoms. The molecule has 6 nitrogen and oxygen atoms in total. The van der Waals surface area contributed by atoms with Gasteiger partial charge >= 0.3 is 0 Å². The van der Waals surface area contributed by atoms with Gasteiger partial charge in [-0.05, 0) is 31.2 Å². The fourth-order valence-corrected chi connectivity index (χ4v) is 3.21. The van der Waals surface area contributed by atoms with Crippen molar-refractivity contribution in [2.45, 2.75) is 6.92 Å². The largest absolute Gasteiger partial charge is 0.492 e. The van der Waals surface area contributed by atoms with Crippen LogP contribution in [-0.4, -0.2) is 25.8 Å². The minimum absolute atomic E-state index is 0.0591. The van der Waals surface area contributed by atoms with Crippen molar-refractivity contribution >= 4 is 32.2 Å². The van der Waals surface area contributed by atoms with Gasteiger partial charge in [0.15, 0.2) is 5.13 Å². The molecule has 3 N–H and O–H groups in total. The number of nitrogens with zero attached hydrogens (tertiary/aromatic N) is 1. The number of nitrogens with one attached hydrogen (secondary N) is 1. The van der Waals surface area contributed by atoms with E-state index in [1.807, 2.05) is 6.92 Å². The van der Waals surface area contributed by atoms with E-state index in [0.717, 1.165) is 4.88 Å². The van der Waals surface area contributed by atoms with Crippen molar-refractivity contribution in [3.8, 4) is 5.75 Å². The van der Waals surface area contributed by atoms with Crippen LogP contribution in [0.3, 0.4) is 0 Å². The first-order valence-electron chi connectivity index (χ1n) is 5.86. The van der Waals surface area contributed by atoms with Crippen molar-refractivity contribution in [2.75, 3.05) is 22.8 Å². The zero-order valence-electron chi connectivity index (χ0n) is 10.9. The summed E-state index contributed by atoms with van der Waals surface area (Å²) in [7, 11) is -3.45. The molecule has 0 atom stereocenters. The number of sulfonamides is 1. The molecule has 0 saturated heterocycles. The first kappa shape index (κ1) is 14.6. The van der Waals surface area contributed by atoms with Crippen LogP contribution in [0.1, 0.15) is 4.88 Å². The molecule has 8 heteroatoms. The predicted octanol–water partition coefficient (Wildman–Crippen LogP) is 1.85. The lowest BCUT2D eigenvalue weighted by molar-refractivity contribution is 0.341. The molecule has 0 aliphatic carbocycles. The summed E-state index contributed by atoms with van der Waals surface area (Å²) in [5, 5.41) is 0.370. The summed E-state index contributed by atoms with van der Waals surface area (Å²) in [6, 6.07) is 6.78. The van der Waals surface area contributed by atoms with Gasteiger partial charge in [0.05, 0.1) is 0 Å². The molecule has 0 amide bonds. The van der Waals surface area contributed by atoms with Crippen molar-refractivity contribution in [3.63, 3.8) is 0 Å². The lowest BCUT2D eigenvalue weighted by atomic mass is 10.3. The van der Waals surface area contributed by atoms with Crippen molar-refractivity contribution in [3.05, 3.63) is 35.3 Å². The molecule has 0 saturated carbocycles. The predicted molar refractivity (Wildman–Crippen MR) is 80.6 cm³/mol. The summed E-state index contributed by atoms with van der Waals surface area (Å²) in [5.41, 5.74) is 6.18. The first-order chi connectivity index (χ1) is 9.44. The molecule has 1 aromatic heterocycles. The van der Waals surface area contributed by atoms with Crippen LogP contribution in [0.15, 0.2) is 30.5 Å². The average molecular weight is 313 g/mol. The molecule has 0 aliphatic heterocycles. The summed E-state index contributed by atoms with van der Waals surface area (Å²) >= 11 is 1.29. The number of benzene rings is 1. The van der Waals surface area contributed by atoms with Crippen LogP contribution < -0.4 is 15.2 Å². The van der Waals surface area contributed by atoms with Crippen LogP contribution in [0.2, 0.25) is 0 Å². The van der Waals surface area contributed by atoms with Crippen molar-refractivity contribution in [1.82, 2.24) is 4.98 Å². The molecule has 0 aliphatic rings. The highest BCUT2D eigenvalue weighted by Crippen LogP contribution is 2.18. The second kappa shape index (κ2) is 6.10. The van der Waals surface area contributed by atoms with Crippen LogP contribution in [0.5, 0.6) is 5.75 Å². The second-order valence-electron chi connectivity index (χ2n) is 4.11. The highest BCUT2D eigenvalue weighted by atomic mass is 32.2. The fourth-order valence-electron chi connectivity index (χ4n) is 1.42. The molecule has 2 aromatic rings. The highest BCUT2D eigenvalue weighted by Gasteiger charge is 2.12. The summed E-state index contributed by atoms with van der Waals surface area (Å²) in [6.07, 6.45) is 1.62. The Bertz CT molecular complexity index is 666. The standard InChI is InChI=1S/C12H15N3O3S2/c1-9-8-14-12(19-9)15-20(16,17)7-6-18-11-4-2-10(13)3-5-11/h2-5,8H,6-7,13H2,1H3,(H,14,15). The third-order valence-electron chi connectivity index (χ3n) is 2.36. The minimum Gasteiger partial charge on any atom is -0.492 e. The molecule has 2 rings (SSSR count). The van der Waals surface area contributed by atoms with E-state index < -0.39 is 10.0 Å². The first-order valence-corrected chi connectivity index (χ1v) is 8.33. The number of aromatic nitrogens is 1. The van der Waals surface area contributed by atoms with Crippen molar-refractivity contribution < 1.29 is 13.2 Å². The molecule has 0 unspecified atom stereocenters. The normalized spacial score (nSPS) is 11.2. The Kier molecular flexibility index (Phi) is 4.46. The summed E-state index contributed by atoms with van der Waals surface area (Å²) in [6.45, 7) is 1.92. The van der Waals surface area contributed by atoms with Gasteiger partial charge in [-0.1, -0.05) is 0 Å². The van der Waals surface area contributed by atoms with Crippen LogP contribution in [-0.2, 0) is 10.0 Å². The molecule has 108 valence electrons. The summed E-state index contributed by atoms with van der Waals surface area (Å²) < 4.78 is 31.4. The number of nitrogen functional groups attached to an aromatic ring is 1. The SMILES string of the molecule is Cc1cnc(NS(=O)(=O)CCOc2ccc(N)cc2)s1. The molecule has 0 fully saturated rings. The maximum Gasteiger partial charge on any atom is 0.237 e.